The van der Waals surface area contributed by atoms with Crippen molar-refractivity contribution in [2.24, 2.45) is 0 Å². The van der Waals surface area contributed by atoms with E-state index < -0.39 is 77.4 Å². The van der Waals surface area contributed by atoms with Crippen LogP contribution in [0.5, 0.6) is 0 Å². The van der Waals surface area contributed by atoms with E-state index >= 15 is 0 Å². The molecule has 0 aromatic heterocycles. The van der Waals surface area contributed by atoms with Crippen LogP contribution in [0.1, 0.15) is 38.5 Å². The Kier molecular flexibility index (Phi) is 9.46. The van der Waals surface area contributed by atoms with Crippen LogP contribution in [-0.4, -0.2) is 37.3 Å². The molecule has 0 radical (unpaired) electrons. The molecule has 2 N–H and O–H groups in total. The van der Waals surface area contributed by atoms with Gasteiger partial charge < -0.3 is 10.6 Å². The number of amides is 2. The minimum atomic E-state index is -5.29. The standard InChI is InChI=1S/C23H17ClF10N2O2/c1-11-6-12(3-5-17(11)24)15(22(29,30)31)8-18(25)13-2-4-14(16(7-13)23(32,33)34)20(38)35-9-19(37)36-10-21(26,27)28/h2-8,15H,9-10H2,1H3,(H,35,38)(H,36,37)/b18-8-. The summed E-state index contributed by atoms with van der Waals surface area (Å²) in [4.78, 5) is 23.6. The summed E-state index contributed by atoms with van der Waals surface area (Å²) in [5.74, 6) is -7.12. The Morgan fingerprint density at radius 2 is 1.58 bits per heavy atom. The molecule has 1 atom stereocenters. The van der Waals surface area contributed by atoms with Crippen molar-refractivity contribution in [1.29, 1.82) is 0 Å². The van der Waals surface area contributed by atoms with E-state index in [1.54, 1.807) is 5.32 Å². The van der Waals surface area contributed by atoms with Gasteiger partial charge in [0.05, 0.1) is 17.7 Å². The Balaban J connectivity index is 2.38. The van der Waals surface area contributed by atoms with Gasteiger partial charge in [-0.1, -0.05) is 29.8 Å². The van der Waals surface area contributed by atoms with Gasteiger partial charge >= 0.3 is 18.5 Å². The zero-order valence-corrected chi connectivity index (χ0v) is 19.8. The SMILES string of the molecule is Cc1cc(C(/C=C(\F)c2ccc(C(=O)NCC(=O)NCC(F)(F)F)c(C(F)(F)F)c2)C(F)(F)F)ccc1Cl. The number of hydrogen-bond acceptors (Lipinski definition) is 2. The summed E-state index contributed by atoms with van der Waals surface area (Å²) in [7, 11) is 0. The normalized spacial score (nSPS) is 13.7. The molecule has 4 nitrogen and oxygen atoms in total. The Morgan fingerprint density at radius 3 is 2.11 bits per heavy atom. The Bertz CT molecular complexity index is 1220. The number of alkyl halides is 9. The summed E-state index contributed by atoms with van der Waals surface area (Å²) in [6, 6.07) is 4.35. The zero-order chi connectivity index (χ0) is 29.1. The first-order valence-electron chi connectivity index (χ1n) is 10.3. The Hall–Kier alpha value is -3.29. The maximum absolute atomic E-state index is 14.8. The summed E-state index contributed by atoms with van der Waals surface area (Å²) in [5, 5.41) is 3.22. The minimum absolute atomic E-state index is 0.0723. The van der Waals surface area contributed by atoms with Gasteiger partial charge in [0.25, 0.3) is 5.91 Å². The van der Waals surface area contributed by atoms with E-state index in [1.165, 1.54) is 12.2 Å². The van der Waals surface area contributed by atoms with E-state index in [4.69, 9.17) is 11.6 Å². The fourth-order valence-electron chi connectivity index (χ4n) is 3.13. The highest BCUT2D eigenvalue weighted by Gasteiger charge is 2.40. The molecule has 0 bridgehead atoms. The maximum Gasteiger partial charge on any atom is 0.417 e. The third kappa shape index (κ3) is 8.64. The molecule has 2 aromatic rings. The summed E-state index contributed by atoms with van der Waals surface area (Å²) >= 11 is 5.80. The van der Waals surface area contributed by atoms with Crippen LogP contribution >= 0.6 is 11.6 Å². The summed E-state index contributed by atoms with van der Waals surface area (Å²) < 4.78 is 133. The molecule has 0 aliphatic heterocycles. The van der Waals surface area contributed by atoms with Crippen LogP contribution in [-0.2, 0) is 11.0 Å². The Labute approximate surface area is 213 Å². The van der Waals surface area contributed by atoms with Crippen molar-refractivity contribution in [2.75, 3.05) is 13.1 Å². The molecule has 0 saturated carbocycles. The van der Waals surface area contributed by atoms with E-state index in [-0.39, 0.29) is 22.7 Å². The quantitative estimate of drug-likeness (QED) is 0.358. The molecule has 0 heterocycles. The highest BCUT2D eigenvalue weighted by Crippen LogP contribution is 2.40. The lowest BCUT2D eigenvalue weighted by Gasteiger charge is -2.19. The van der Waals surface area contributed by atoms with Gasteiger partial charge in [-0.25, -0.2) is 4.39 Å². The van der Waals surface area contributed by atoms with E-state index in [0.717, 1.165) is 18.2 Å². The molecule has 38 heavy (non-hydrogen) atoms. The van der Waals surface area contributed by atoms with Crippen molar-refractivity contribution in [3.05, 3.63) is 75.3 Å². The highest BCUT2D eigenvalue weighted by atomic mass is 35.5. The fraction of sp³-hybridized carbons (Fsp3) is 0.304. The average Bonchev–Trinajstić information content (AvgIpc) is 2.79. The second-order valence-electron chi connectivity index (χ2n) is 7.88. The molecule has 208 valence electrons. The van der Waals surface area contributed by atoms with Gasteiger partial charge in [-0.3, -0.25) is 9.59 Å². The van der Waals surface area contributed by atoms with Crippen LogP contribution < -0.4 is 10.6 Å². The third-order valence-corrected chi connectivity index (χ3v) is 5.37. The lowest BCUT2D eigenvalue weighted by Crippen LogP contribution is -2.41. The average molecular weight is 579 g/mol. The lowest BCUT2D eigenvalue weighted by molar-refractivity contribution is -0.140. The molecule has 2 amide bonds. The number of carbonyl (C=O) groups is 2. The highest BCUT2D eigenvalue weighted by molar-refractivity contribution is 6.31. The van der Waals surface area contributed by atoms with Gasteiger partial charge in [-0.2, -0.15) is 39.5 Å². The van der Waals surface area contributed by atoms with Crippen molar-refractivity contribution >= 4 is 29.2 Å². The van der Waals surface area contributed by atoms with Crippen LogP contribution in [0.4, 0.5) is 43.9 Å². The second-order valence-corrected chi connectivity index (χ2v) is 8.28. The van der Waals surface area contributed by atoms with Crippen LogP contribution in [0.2, 0.25) is 5.02 Å². The Morgan fingerprint density at radius 1 is 0.947 bits per heavy atom. The number of aryl methyl sites for hydroxylation is 1. The molecule has 1 unspecified atom stereocenters. The summed E-state index contributed by atoms with van der Waals surface area (Å²) in [6.45, 7) is -1.46. The maximum atomic E-state index is 14.8. The molecule has 15 heteroatoms. The first-order valence-corrected chi connectivity index (χ1v) is 10.7. The molecular formula is C23H17ClF10N2O2. The van der Waals surface area contributed by atoms with Gasteiger partial charge in [-0.15, -0.1) is 0 Å². The van der Waals surface area contributed by atoms with Crippen molar-refractivity contribution in [2.45, 2.75) is 31.4 Å². The number of benzene rings is 2. The van der Waals surface area contributed by atoms with E-state index in [2.05, 4.69) is 0 Å². The monoisotopic (exact) mass is 578 g/mol. The number of hydrogen-bond donors (Lipinski definition) is 2. The third-order valence-electron chi connectivity index (χ3n) is 4.95. The molecule has 0 aliphatic carbocycles. The zero-order valence-electron chi connectivity index (χ0n) is 19.0. The number of nitrogens with one attached hydrogen (secondary N) is 2. The van der Waals surface area contributed by atoms with Crippen molar-refractivity contribution < 1.29 is 53.5 Å². The second kappa shape index (κ2) is 11.6. The van der Waals surface area contributed by atoms with Gasteiger partial charge in [0, 0.05) is 10.6 Å². The van der Waals surface area contributed by atoms with Gasteiger partial charge in [-0.05, 0) is 42.3 Å². The molecule has 0 aliphatic rings. The molecule has 2 rings (SSSR count). The first-order chi connectivity index (χ1) is 17.3. The fourth-order valence-corrected chi connectivity index (χ4v) is 3.24. The van der Waals surface area contributed by atoms with Crippen LogP contribution in [0, 0.1) is 6.92 Å². The number of rotatable bonds is 7. The van der Waals surface area contributed by atoms with Gasteiger partial charge in [0.15, 0.2) is 0 Å². The predicted molar refractivity (Wildman–Crippen MR) is 117 cm³/mol. The summed E-state index contributed by atoms with van der Waals surface area (Å²) in [5.41, 5.74) is -4.01. The first kappa shape index (κ1) is 30.9. The largest absolute Gasteiger partial charge is 0.417 e. The van der Waals surface area contributed by atoms with Gasteiger partial charge in [0.1, 0.15) is 18.3 Å². The lowest BCUT2D eigenvalue weighted by atomic mass is 9.94. The van der Waals surface area contributed by atoms with Crippen molar-refractivity contribution in [1.82, 2.24) is 10.6 Å². The summed E-state index contributed by atoms with van der Waals surface area (Å²) in [6.07, 6.45) is -15.0. The number of allylic oxidation sites excluding steroid dienone is 1. The topological polar surface area (TPSA) is 58.2 Å². The predicted octanol–water partition coefficient (Wildman–Crippen LogP) is 6.73. The van der Waals surface area contributed by atoms with Crippen LogP contribution in [0.3, 0.4) is 0 Å². The number of carbonyl (C=O) groups excluding carboxylic acids is 2. The number of halogens is 11. The van der Waals surface area contributed by atoms with E-state index in [9.17, 15) is 53.5 Å². The minimum Gasteiger partial charge on any atom is -0.345 e. The molecule has 0 saturated heterocycles. The van der Waals surface area contributed by atoms with E-state index in [1.807, 2.05) is 0 Å². The van der Waals surface area contributed by atoms with E-state index in [0.29, 0.717) is 12.1 Å². The van der Waals surface area contributed by atoms with Gasteiger partial charge in [0.2, 0.25) is 5.91 Å². The molecule has 0 spiro atoms. The van der Waals surface area contributed by atoms with Crippen molar-refractivity contribution in [3.63, 3.8) is 0 Å². The molecule has 2 aromatic carbocycles. The smallest absolute Gasteiger partial charge is 0.345 e. The van der Waals surface area contributed by atoms with Crippen molar-refractivity contribution in [3.8, 4) is 0 Å². The molecular weight excluding hydrogens is 562 g/mol. The molecule has 0 fully saturated rings. The van der Waals surface area contributed by atoms with Crippen LogP contribution in [0.15, 0.2) is 42.5 Å². The van der Waals surface area contributed by atoms with Crippen LogP contribution in [0.25, 0.3) is 5.83 Å².